The number of carboxylic acid groups (broad SMARTS) is 1. The summed E-state index contributed by atoms with van der Waals surface area (Å²) in [5.74, 6) is -3.27. The molecule has 8 nitrogen and oxygen atoms in total. The molecule has 0 amide bonds. The molecule has 8 unspecified atom stereocenters. The number of Topliss-reactive ketones (excluding diaryl/α,β-unsaturated/α-hetero) is 1. The first-order valence-electron chi connectivity index (χ1n) is 10.3. The molecule has 0 aromatic carbocycles. The highest BCUT2D eigenvalue weighted by atomic mass is 19.2. The number of halogens is 2. The van der Waals surface area contributed by atoms with E-state index in [4.69, 9.17) is 19.3 Å². The van der Waals surface area contributed by atoms with Gasteiger partial charge in [0.05, 0.1) is 30.9 Å². The average molecular weight is 429 g/mol. The van der Waals surface area contributed by atoms with E-state index in [9.17, 15) is 23.2 Å². The van der Waals surface area contributed by atoms with Crippen molar-refractivity contribution in [1.29, 1.82) is 0 Å². The summed E-state index contributed by atoms with van der Waals surface area (Å²) in [5.41, 5.74) is -0.147. The first kappa shape index (κ1) is 21.2. The Morgan fingerprint density at radius 2 is 2.07 bits per heavy atom. The molecular formula is C20H25F2NO7. The number of alkyl halides is 2. The maximum Gasteiger partial charge on any atom is 0.343 e. The maximum atomic E-state index is 14.8. The molecule has 4 rings (SSSR count). The Morgan fingerprint density at radius 3 is 2.77 bits per heavy atom. The van der Waals surface area contributed by atoms with Crippen molar-refractivity contribution in [3.8, 4) is 0 Å². The second-order valence-electron chi connectivity index (χ2n) is 8.21. The predicted octanol–water partition coefficient (Wildman–Crippen LogP) is 1.17. The lowest BCUT2D eigenvalue weighted by molar-refractivity contribution is -0.219. The molecule has 2 heterocycles. The van der Waals surface area contributed by atoms with E-state index in [1.165, 1.54) is 6.20 Å². The molecule has 0 bridgehead atoms. The van der Waals surface area contributed by atoms with Crippen LogP contribution in [-0.2, 0) is 28.6 Å². The number of aliphatic carboxylic acids is 1. The third-order valence-corrected chi connectivity index (χ3v) is 6.47. The summed E-state index contributed by atoms with van der Waals surface area (Å²) in [5, 5.41) is 8.82. The lowest BCUT2D eigenvalue weighted by Gasteiger charge is -2.58. The fourth-order valence-electron chi connectivity index (χ4n) is 5.21. The second kappa shape index (κ2) is 8.22. The molecule has 2 aliphatic carbocycles. The van der Waals surface area contributed by atoms with E-state index < -0.39 is 60.8 Å². The topological polar surface area (TPSA) is 102 Å². The lowest BCUT2D eigenvalue weighted by atomic mass is 9.71. The average Bonchev–Trinajstić information content (AvgIpc) is 2.71. The van der Waals surface area contributed by atoms with Gasteiger partial charge in [-0.25, -0.2) is 18.4 Å². The van der Waals surface area contributed by atoms with Crippen molar-refractivity contribution >= 4 is 17.7 Å². The summed E-state index contributed by atoms with van der Waals surface area (Å²) >= 11 is 0. The van der Waals surface area contributed by atoms with Crippen molar-refractivity contribution < 1.29 is 42.5 Å². The minimum Gasteiger partial charge on any atom is -0.480 e. The largest absolute Gasteiger partial charge is 0.480 e. The Kier molecular flexibility index (Phi) is 5.80. The first-order chi connectivity index (χ1) is 14.3. The van der Waals surface area contributed by atoms with E-state index >= 15 is 0 Å². The van der Waals surface area contributed by atoms with Gasteiger partial charge >= 0.3 is 11.9 Å². The van der Waals surface area contributed by atoms with Crippen LogP contribution in [0.25, 0.3) is 0 Å². The van der Waals surface area contributed by atoms with Gasteiger partial charge < -0.3 is 24.2 Å². The third kappa shape index (κ3) is 3.60. The van der Waals surface area contributed by atoms with Crippen LogP contribution in [0.2, 0.25) is 0 Å². The van der Waals surface area contributed by atoms with Crippen molar-refractivity contribution in [2.45, 2.75) is 75.3 Å². The van der Waals surface area contributed by atoms with Gasteiger partial charge in [-0.2, -0.15) is 0 Å². The van der Waals surface area contributed by atoms with E-state index in [1.54, 1.807) is 11.8 Å². The highest BCUT2D eigenvalue weighted by Gasteiger charge is 2.59. The van der Waals surface area contributed by atoms with Crippen molar-refractivity contribution in [2.75, 3.05) is 13.2 Å². The van der Waals surface area contributed by atoms with Gasteiger partial charge in [0.15, 0.2) is 12.0 Å². The normalized spacial score (nSPS) is 40.2. The molecule has 30 heavy (non-hydrogen) atoms. The monoisotopic (exact) mass is 429 g/mol. The molecule has 0 spiro atoms. The third-order valence-electron chi connectivity index (χ3n) is 6.47. The number of carboxylic acids is 1. The molecule has 166 valence electrons. The zero-order valence-electron chi connectivity index (χ0n) is 16.5. The number of esters is 1. The van der Waals surface area contributed by atoms with Crippen molar-refractivity contribution in [3.05, 3.63) is 11.8 Å². The number of carbonyl (C=O) groups excluding carboxylic acids is 2. The number of ketones is 1. The molecule has 0 aromatic heterocycles. The molecule has 8 atom stereocenters. The van der Waals surface area contributed by atoms with Gasteiger partial charge in [-0.1, -0.05) is 0 Å². The Balaban J connectivity index is 1.64. The summed E-state index contributed by atoms with van der Waals surface area (Å²) in [6.45, 7) is 1.27. The van der Waals surface area contributed by atoms with Gasteiger partial charge in [0.25, 0.3) is 0 Å². The first-order valence-corrected chi connectivity index (χ1v) is 10.3. The van der Waals surface area contributed by atoms with Gasteiger partial charge in [-0.05, 0) is 26.2 Å². The van der Waals surface area contributed by atoms with Crippen LogP contribution in [0.4, 0.5) is 8.78 Å². The van der Waals surface area contributed by atoms with Gasteiger partial charge in [-0.15, -0.1) is 0 Å². The summed E-state index contributed by atoms with van der Waals surface area (Å²) < 4.78 is 45.6. The van der Waals surface area contributed by atoms with E-state index in [-0.39, 0.29) is 30.7 Å². The minimum absolute atomic E-state index is 0.0935. The summed E-state index contributed by atoms with van der Waals surface area (Å²) in [4.78, 5) is 37.8. The van der Waals surface area contributed by atoms with Gasteiger partial charge in [0.2, 0.25) is 0 Å². The molecule has 3 fully saturated rings. The number of morpholine rings is 1. The Hall–Kier alpha value is -2.07. The smallest absolute Gasteiger partial charge is 0.343 e. The molecule has 0 aromatic rings. The molecule has 0 radical (unpaired) electrons. The van der Waals surface area contributed by atoms with Crippen molar-refractivity contribution in [2.24, 2.45) is 5.92 Å². The van der Waals surface area contributed by atoms with Crippen LogP contribution in [0.3, 0.4) is 0 Å². The van der Waals surface area contributed by atoms with Gasteiger partial charge in [-0.3, -0.25) is 4.79 Å². The Labute approximate surface area is 172 Å². The van der Waals surface area contributed by atoms with Gasteiger partial charge in [0.1, 0.15) is 24.5 Å². The standard InChI is InChI=1S/C20H25F2NO7/c1-2-28-20(27)11-7-23-13-4-3-9(29-8-15(24)25)5-14(13)30-19-16(22)12(21)6-10(17(19)23)18(11)26/h7,9-10,12-14,16-17,19H,2-6,8H2,1H3,(H,24,25). The van der Waals surface area contributed by atoms with E-state index in [0.29, 0.717) is 19.3 Å². The van der Waals surface area contributed by atoms with Crippen LogP contribution in [0.15, 0.2) is 11.8 Å². The Bertz CT molecular complexity index is 759. The van der Waals surface area contributed by atoms with Crippen molar-refractivity contribution in [1.82, 2.24) is 4.90 Å². The zero-order chi connectivity index (χ0) is 21.6. The number of carbonyl (C=O) groups is 3. The second-order valence-corrected chi connectivity index (χ2v) is 8.21. The lowest BCUT2D eigenvalue weighted by Crippen LogP contribution is -2.70. The molecule has 1 N–H and O–H groups in total. The van der Waals surface area contributed by atoms with Gasteiger partial charge in [0, 0.05) is 18.5 Å². The SMILES string of the molecule is CCOC(=O)C1=CN2C3CCC(OCC(=O)O)CC3OC3C(F)C(F)CC(C1=O)C32. The number of rotatable bonds is 5. The van der Waals surface area contributed by atoms with Crippen molar-refractivity contribution in [3.63, 3.8) is 0 Å². The highest BCUT2D eigenvalue weighted by Crippen LogP contribution is 2.46. The number of fused-ring (bicyclic) bond motifs is 2. The molecule has 4 aliphatic rings. The van der Waals surface area contributed by atoms with E-state index in [0.717, 1.165) is 0 Å². The maximum absolute atomic E-state index is 14.8. The fourth-order valence-corrected chi connectivity index (χ4v) is 5.21. The predicted molar refractivity (Wildman–Crippen MR) is 96.9 cm³/mol. The van der Waals surface area contributed by atoms with Crippen LogP contribution in [0.1, 0.15) is 32.6 Å². The summed E-state index contributed by atoms with van der Waals surface area (Å²) in [6, 6.07) is -0.935. The van der Waals surface area contributed by atoms with Crippen LogP contribution in [-0.4, -0.2) is 83.7 Å². The summed E-state index contributed by atoms with van der Waals surface area (Å²) in [7, 11) is 0. The fraction of sp³-hybridized carbons (Fsp3) is 0.750. The van der Waals surface area contributed by atoms with Crippen LogP contribution in [0, 0.1) is 5.92 Å². The molecular weight excluding hydrogens is 404 g/mol. The van der Waals surface area contributed by atoms with Crippen LogP contribution in [0.5, 0.6) is 0 Å². The number of hydrogen-bond donors (Lipinski definition) is 1. The number of ether oxygens (including phenoxy) is 3. The van der Waals surface area contributed by atoms with Crippen LogP contribution < -0.4 is 0 Å². The Morgan fingerprint density at radius 1 is 1.30 bits per heavy atom. The molecule has 10 heteroatoms. The molecule has 1 saturated heterocycles. The quantitative estimate of drug-likeness (QED) is 0.513. The zero-order valence-corrected chi connectivity index (χ0v) is 16.5. The van der Waals surface area contributed by atoms with E-state index in [1.807, 2.05) is 0 Å². The van der Waals surface area contributed by atoms with Crippen LogP contribution >= 0.6 is 0 Å². The van der Waals surface area contributed by atoms with E-state index in [2.05, 4.69) is 0 Å². The highest BCUT2D eigenvalue weighted by molar-refractivity contribution is 6.18. The number of hydrogen-bond acceptors (Lipinski definition) is 7. The summed E-state index contributed by atoms with van der Waals surface area (Å²) in [6.07, 6.45) is -3.28. The molecule has 2 saturated carbocycles. The minimum atomic E-state index is -1.89. The molecule has 2 aliphatic heterocycles. The number of nitrogens with zero attached hydrogens (tertiary/aromatic N) is 1.